The van der Waals surface area contributed by atoms with E-state index < -0.39 is 0 Å². The number of nitriles is 2. The molecule has 0 aromatic heterocycles. The van der Waals surface area contributed by atoms with E-state index in [4.69, 9.17) is 21.3 Å². The number of hydrogen-bond acceptors (Lipinski definition) is 4. The topological polar surface area (TPSA) is 143 Å². The van der Waals surface area contributed by atoms with Crippen molar-refractivity contribution in [1.82, 2.24) is 10.6 Å². The summed E-state index contributed by atoms with van der Waals surface area (Å²) in [4.78, 5) is 0. The molecule has 0 unspecified atom stereocenters. The van der Waals surface area contributed by atoms with Crippen molar-refractivity contribution in [3.05, 3.63) is 24.3 Å². The predicted molar refractivity (Wildman–Crippen MR) is 66.6 cm³/mol. The first-order valence-electron chi connectivity index (χ1n) is 4.77. The van der Waals surface area contributed by atoms with Crippen molar-refractivity contribution in [2.24, 2.45) is 0 Å². The van der Waals surface area contributed by atoms with Gasteiger partial charge in [0.2, 0.25) is 11.9 Å². The zero-order valence-corrected chi connectivity index (χ0v) is 9.20. The van der Waals surface area contributed by atoms with Crippen LogP contribution in [0.4, 0.5) is 11.4 Å². The van der Waals surface area contributed by atoms with Gasteiger partial charge in [-0.05, 0) is 24.3 Å². The highest BCUT2D eigenvalue weighted by Gasteiger charge is 1.99. The van der Waals surface area contributed by atoms with Crippen LogP contribution in [-0.2, 0) is 0 Å². The molecule has 0 spiro atoms. The molecule has 0 aliphatic rings. The second-order valence-corrected chi connectivity index (χ2v) is 3.05. The van der Waals surface area contributed by atoms with Crippen LogP contribution in [0.15, 0.2) is 24.3 Å². The molecule has 8 heteroatoms. The molecule has 0 saturated heterocycles. The monoisotopic (exact) mass is 242 g/mol. The van der Waals surface area contributed by atoms with Crippen molar-refractivity contribution in [3.63, 3.8) is 0 Å². The second-order valence-electron chi connectivity index (χ2n) is 3.05. The van der Waals surface area contributed by atoms with Crippen molar-refractivity contribution in [2.75, 3.05) is 10.6 Å². The molecule has 18 heavy (non-hydrogen) atoms. The fraction of sp³-hybridized carbons (Fsp3) is 0. The zero-order valence-electron chi connectivity index (χ0n) is 9.20. The maximum absolute atomic E-state index is 8.30. The van der Waals surface area contributed by atoms with Gasteiger partial charge in [-0.25, -0.2) is 0 Å². The molecule has 1 aromatic rings. The van der Waals surface area contributed by atoms with Gasteiger partial charge in [0.1, 0.15) is 0 Å². The van der Waals surface area contributed by atoms with Gasteiger partial charge in [0.25, 0.3) is 0 Å². The SMILES string of the molecule is N#CNC(=N)Nc1ccc(NC(=N)NC#N)cc1. The zero-order chi connectivity index (χ0) is 13.4. The molecule has 0 amide bonds. The molecule has 0 radical (unpaired) electrons. The van der Waals surface area contributed by atoms with Crippen molar-refractivity contribution in [3.8, 4) is 12.4 Å². The van der Waals surface area contributed by atoms with Crippen molar-refractivity contribution >= 4 is 23.3 Å². The van der Waals surface area contributed by atoms with Gasteiger partial charge in [-0.15, -0.1) is 0 Å². The molecule has 0 fully saturated rings. The maximum atomic E-state index is 8.30. The highest BCUT2D eigenvalue weighted by atomic mass is 15.1. The summed E-state index contributed by atoms with van der Waals surface area (Å²) in [6, 6.07) is 6.65. The first-order valence-corrected chi connectivity index (χ1v) is 4.77. The minimum atomic E-state index is -0.128. The highest BCUT2D eigenvalue weighted by Crippen LogP contribution is 2.12. The Morgan fingerprint density at radius 1 is 0.833 bits per heavy atom. The molecule has 1 rings (SSSR count). The van der Waals surface area contributed by atoms with Crippen LogP contribution in [0.5, 0.6) is 0 Å². The second kappa shape index (κ2) is 6.35. The molecule has 8 nitrogen and oxygen atoms in total. The number of hydrogen-bond donors (Lipinski definition) is 6. The van der Waals surface area contributed by atoms with Gasteiger partial charge in [-0.2, -0.15) is 10.5 Å². The van der Waals surface area contributed by atoms with E-state index in [9.17, 15) is 0 Å². The molecule has 0 bridgehead atoms. The molecule has 90 valence electrons. The van der Waals surface area contributed by atoms with Crippen LogP contribution in [-0.4, -0.2) is 11.9 Å². The smallest absolute Gasteiger partial charge is 0.206 e. The Labute approximate surface area is 103 Å². The fourth-order valence-corrected chi connectivity index (χ4v) is 1.10. The number of rotatable bonds is 2. The summed E-state index contributed by atoms with van der Waals surface area (Å²) in [5, 5.41) is 40.8. The summed E-state index contributed by atoms with van der Waals surface area (Å²) in [6.45, 7) is 0. The third-order valence-electron chi connectivity index (χ3n) is 1.79. The van der Waals surface area contributed by atoms with E-state index in [1.54, 1.807) is 36.7 Å². The summed E-state index contributed by atoms with van der Waals surface area (Å²) < 4.78 is 0. The Balaban J connectivity index is 2.58. The largest absolute Gasteiger partial charge is 0.326 e. The van der Waals surface area contributed by atoms with Gasteiger partial charge in [0, 0.05) is 11.4 Å². The Kier molecular flexibility index (Phi) is 4.52. The highest BCUT2D eigenvalue weighted by molar-refractivity contribution is 5.94. The molecular formula is C10H10N8. The van der Waals surface area contributed by atoms with Crippen LogP contribution in [0.1, 0.15) is 0 Å². The molecule has 0 heterocycles. The molecule has 0 atom stereocenters. The van der Waals surface area contributed by atoms with E-state index in [0.717, 1.165) is 0 Å². The first-order chi connectivity index (χ1) is 8.65. The van der Waals surface area contributed by atoms with Crippen LogP contribution in [0.2, 0.25) is 0 Å². The van der Waals surface area contributed by atoms with Crippen molar-refractivity contribution < 1.29 is 0 Å². The van der Waals surface area contributed by atoms with Crippen LogP contribution < -0.4 is 21.3 Å². The fourth-order valence-electron chi connectivity index (χ4n) is 1.10. The van der Waals surface area contributed by atoms with Crippen LogP contribution in [0.3, 0.4) is 0 Å². The van der Waals surface area contributed by atoms with E-state index in [2.05, 4.69) is 21.3 Å². The first kappa shape index (κ1) is 12.8. The number of nitrogens with zero attached hydrogens (tertiary/aromatic N) is 2. The van der Waals surface area contributed by atoms with Crippen LogP contribution in [0, 0.1) is 33.7 Å². The number of benzene rings is 1. The van der Waals surface area contributed by atoms with Crippen molar-refractivity contribution in [2.45, 2.75) is 0 Å². The molecule has 6 N–H and O–H groups in total. The summed E-state index contributed by atoms with van der Waals surface area (Å²) in [5.74, 6) is -0.255. The van der Waals surface area contributed by atoms with E-state index in [1.807, 2.05) is 0 Å². The normalized spacial score (nSPS) is 8.33. The Bertz CT molecular complexity index is 469. The maximum Gasteiger partial charge on any atom is 0.206 e. The third-order valence-corrected chi connectivity index (χ3v) is 1.79. The molecule has 0 aliphatic carbocycles. The number of nitrogens with one attached hydrogen (secondary N) is 6. The lowest BCUT2D eigenvalue weighted by atomic mass is 10.3. The summed E-state index contributed by atoms with van der Waals surface area (Å²) >= 11 is 0. The third kappa shape index (κ3) is 4.08. The standard InChI is InChI=1S/C10H10N8/c11-5-15-9(13)17-7-1-2-8(4-3-7)18-10(14)16-6-12/h1-4H,(H3,13,15,17)(H3,14,16,18). The predicted octanol–water partition coefficient (Wildman–Crippen LogP) is 0.521. The van der Waals surface area contributed by atoms with Gasteiger partial charge >= 0.3 is 0 Å². The number of anilines is 2. The summed E-state index contributed by atoms with van der Waals surface area (Å²) in [5.41, 5.74) is 1.24. The summed E-state index contributed by atoms with van der Waals surface area (Å²) in [7, 11) is 0. The van der Waals surface area contributed by atoms with E-state index in [0.29, 0.717) is 11.4 Å². The van der Waals surface area contributed by atoms with E-state index in [-0.39, 0.29) is 11.9 Å². The van der Waals surface area contributed by atoms with E-state index in [1.165, 1.54) is 0 Å². The molecule has 0 aliphatic heterocycles. The molecule has 1 aromatic carbocycles. The van der Waals surface area contributed by atoms with Crippen LogP contribution in [0.25, 0.3) is 0 Å². The van der Waals surface area contributed by atoms with Crippen molar-refractivity contribution in [1.29, 1.82) is 21.3 Å². The Hall–Kier alpha value is -3.26. The lowest BCUT2D eigenvalue weighted by Crippen LogP contribution is -2.25. The molecular weight excluding hydrogens is 232 g/mol. The average molecular weight is 242 g/mol. The van der Waals surface area contributed by atoms with Crippen LogP contribution >= 0.6 is 0 Å². The van der Waals surface area contributed by atoms with Gasteiger partial charge in [0.15, 0.2) is 12.4 Å². The summed E-state index contributed by atoms with van der Waals surface area (Å²) in [6.07, 6.45) is 3.25. The minimum absolute atomic E-state index is 0.128. The Morgan fingerprint density at radius 3 is 1.44 bits per heavy atom. The lowest BCUT2D eigenvalue weighted by molar-refractivity contribution is 1.21. The average Bonchev–Trinajstić information content (AvgIpc) is 2.32. The quantitative estimate of drug-likeness (QED) is 0.193. The Morgan fingerprint density at radius 2 is 1.17 bits per heavy atom. The molecule has 0 saturated carbocycles. The van der Waals surface area contributed by atoms with E-state index >= 15 is 0 Å². The lowest BCUT2D eigenvalue weighted by Gasteiger charge is -2.08. The van der Waals surface area contributed by atoms with Gasteiger partial charge in [0.05, 0.1) is 0 Å². The number of guanidine groups is 2. The van der Waals surface area contributed by atoms with Gasteiger partial charge in [-0.1, -0.05) is 0 Å². The van der Waals surface area contributed by atoms with Gasteiger partial charge in [-0.3, -0.25) is 21.5 Å². The minimum Gasteiger partial charge on any atom is -0.326 e. The van der Waals surface area contributed by atoms with Gasteiger partial charge < -0.3 is 10.6 Å².